The summed E-state index contributed by atoms with van der Waals surface area (Å²) >= 11 is 0. The summed E-state index contributed by atoms with van der Waals surface area (Å²) in [6, 6.07) is 8.29. The Labute approximate surface area is 158 Å². The molecule has 1 saturated heterocycles. The lowest BCUT2D eigenvalue weighted by Gasteiger charge is -2.32. The van der Waals surface area contributed by atoms with E-state index in [2.05, 4.69) is 9.71 Å². The fraction of sp³-hybridized carbons (Fsp3) is 0.368. The van der Waals surface area contributed by atoms with Gasteiger partial charge in [-0.1, -0.05) is 0 Å². The number of hydrogen-bond donors (Lipinski definition) is 1. The summed E-state index contributed by atoms with van der Waals surface area (Å²) in [5, 5.41) is 0. The van der Waals surface area contributed by atoms with E-state index in [1.54, 1.807) is 17.3 Å². The van der Waals surface area contributed by atoms with E-state index in [1.165, 1.54) is 12.1 Å². The van der Waals surface area contributed by atoms with E-state index in [9.17, 15) is 17.6 Å². The smallest absolute Gasteiger partial charge is 0.240 e. The molecule has 0 atom stereocenters. The summed E-state index contributed by atoms with van der Waals surface area (Å²) in [7, 11) is -3.69. The van der Waals surface area contributed by atoms with Crippen molar-refractivity contribution in [1.82, 2.24) is 14.6 Å². The highest BCUT2D eigenvalue weighted by atomic mass is 32.2. The van der Waals surface area contributed by atoms with Crippen LogP contribution in [0.1, 0.15) is 24.8 Å². The van der Waals surface area contributed by atoms with E-state index in [4.69, 9.17) is 0 Å². The molecule has 1 aromatic carbocycles. The summed E-state index contributed by atoms with van der Waals surface area (Å²) in [4.78, 5) is 18.1. The van der Waals surface area contributed by atoms with Crippen LogP contribution in [0, 0.1) is 5.82 Å². The van der Waals surface area contributed by atoms with Crippen LogP contribution in [0.15, 0.2) is 53.7 Å². The van der Waals surface area contributed by atoms with Crippen molar-refractivity contribution in [2.75, 3.05) is 13.1 Å². The number of benzene rings is 1. The lowest BCUT2D eigenvalue weighted by molar-refractivity contribution is -0.132. The van der Waals surface area contributed by atoms with Gasteiger partial charge in [0.25, 0.3) is 0 Å². The number of aryl methyl sites for hydroxylation is 1. The third kappa shape index (κ3) is 5.33. The first-order valence-corrected chi connectivity index (χ1v) is 10.4. The van der Waals surface area contributed by atoms with Gasteiger partial charge in [-0.2, -0.15) is 0 Å². The molecule has 8 heteroatoms. The molecule has 1 N–H and O–H groups in total. The Morgan fingerprint density at radius 1 is 1.11 bits per heavy atom. The molecular formula is C19H22FN3O3S. The van der Waals surface area contributed by atoms with Crippen molar-refractivity contribution in [3.8, 4) is 0 Å². The molecule has 27 heavy (non-hydrogen) atoms. The molecule has 2 aromatic rings. The van der Waals surface area contributed by atoms with Crippen LogP contribution in [0.2, 0.25) is 0 Å². The monoisotopic (exact) mass is 391 g/mol. The van der Waals surface area contributed by atoms with Crippen LogP contribution in [0.3, 0.4) is 0 Å². The molecule has 1 fully saturated rings. The zero-order valence-corrected chi connectivity index (χ0v) is 15.7. The molecule has 3 rings (SSSR count). The minimum Gasteiger partial charge on any atom is -0.343 e. The molecule has 6 nitrogen and oxygen atoms in total. The Morgan fingerprint density at radius 2 is 1.74 bits per heavy atom. The zero-order valence-electron chi connectivity index (χ0n) is 14.8. The van der Waals surface area contributed by atoms with Gasteiger partial charge in [0.1, 0.15) is 5.82 Å². The molecule has 1 aliphatic heterocycles. The first-order valence-electron chi connectivity index (χ1n) is 8.88. The first-order chi connectivity index (χ1) is 12.9. The van der Waals surface area contributed by atoms with E-state index < -0.39 is 15.8 Å². The van der Waals surface area contributed by atoms with Gasteiger partial charge in [0.15, 0.2) is 0 Å². The second-order valence-corrected chi connectivity index (χ2v) is 8.30. The average molecular weight is 391 g/mol. The Kier molecular flexibility index (Phi) is 6.18. The summed E-state index contributed by atoms with van der Waals surface area (Å²) < 4.78 is 40.4. The molecule has 0 spiro atoms. The molecule has 2 heterocycles. The number of carbonyl (C=O) groups is 1. The molecule has 0 unspecified atom stereocenters. The average Bonchev–Trinajstić information content (AvgIpc) is 2.67. The lowest BCUT2D eigenvalue weighted by atomic mass is 10.0. The summed E-state index contributed by atoms with van der Waals surface area (Å²) in [5.74, 6) is -0.404. The van der Waals surface area contributed by atoms with Crippen molar-refractivity contribution in [2.24, 2.45) is 0 Å². The van der Waals surface area contributed by atoms with Gasteiger partial charge in [0.2, 0.25) is 15.9 Å². The van der Waals surface area contributed by atoms with Gasteiger partial charge in [0.05, 0.1) is 4.90 Å². The molecule has 0 saturated carbocycles. The fourth-order valence-corrected chi connectivity index (χ4v) is 4.41. The highest BCUT2D eigenvalue weighted by Gasteiger charge is 2.26. The topological polar surface area (TPSA) is 79.4 Å². The Morgan fingerprint density at radius 3 is 2.37 bits per heavy atom. The maximum Gasteiger partial charge on any atom is 0.240 e. The van der Waals surface area contributed by atoms with Crippen molar-refractivity contribution in [3.05, 3.63) is 60.2 Å². The van der Waals surface area contributed by atoms with Crippen LogP contribution in [0.25, 0.3) is 0 Å². The molecule has 1 aromatic heterocycles. The van der Waals surface area contributed by atoms with Crippen molar-refractivity contribution in [3.63, 3.8) is 0 Å². The summed E-state index contributed by atoms with van der Waals surface area (Å²) in [5.41, 5.74) is 1.07. The largest absolute Gasteiger partial charge is 0.343 e. The number of carbonyl (C=O) groups excluding carboxylic acids is 1. The quantitative estimate of drug-likeness (QED) is 0.818. The Bertz CT molecular complexity index is 865. The van der Waals surface area contributed by atoms with Crippen LogP contribution >= 0.6 is 0 Å². The second-order valence-electron chi connectivity index (χ2n) is 6.59. The molecule has 1 amide bonds. The Balaban J connectivity index is 1.48. The number of aromatic nitrogens is 1. The van der Waals surface area contributed by atoms with Crippen LogP contribution in [0.4, 0.5) is 4.39 Å². The number of halogens is 1. The predicted octanol–water partition coefficient (Wildman–Crippen LogP) is 2.12. The summed E-state index contributed by atoms with van der Waals surface area (Å²) in [6.45, 7) is 1.04. The van der Waals surface area contributed by atoms with Crippen LogP contribution < -0.4 is 4.72 Å². The number of nitrogens with zero attached hydrogens (tertiary/aromatic N) is 2. The first kappa shape index (κ1) is 19.4. The van der Waals surface area contributed by atoms with E-state index in [0.717, 1.165) is 17.7 Å². The van der Waals surface area contributed by atoms with Crippen molar-refractivity contribution in [2.45, 2.75) is 36.6 Å². The highest BCUT2D eigenvalue weighted by molar-refractivity contribution is 7.89. The van der Waals surface area contributed by atoms with Gasteiger partial charge in [-0.15, -0.1) is 0 Å². The third-order valence-electron chi connectivity index (χ3n) is 4.67. The van der Waals surface area contributed by atoms with E-state index in [-0.39, 0.29) is 16.8 Å². The maximum absolute atomic E-state index is 13.0. The number of hydrogen-bond acceptors (Lipinski definition) is 4. The molecule has 0 aliphatic carbocycles. The normalized spacial score (nSPS) is 15.7. The Hall–Kier alpha value is -2.32. The van der Waals surface area contributed by atoms with E-state index >= 15 is 0 Å². The molecular weight excluding hydrogens is 369 g/mol. The molecule has 0 bridgehead atoms. The number of pyridine rings is 1. The fourth-order valence-electron chi connectivity index (χ4n) is 3.11. The van der Waals surface area contributed by atoms with Gasteiger partial charge >= 0.3 is 0 Å². The third-order valence-corrected chi connectivity index (χ3v) is 6.21. The lowest BCUT2D eigenvalue weighted by Crippen LogP contribution is -2.46. The van der Waals surface area contributed by atoms with Gasteiger partial charge in [0, 0.05) is 37.9 Å². The van der Waals surface area contributed by atoms with Gasteiger partial charge in [-0.3, -0.25) is 9.78 Å². The number of likely N-dealkylation sites (tertiary alicyclic amines) is 1. The van der Waals surface area contributed by atoms with Crippen LogP contribution in [-0.2, 0) is 21.2 Å². The number of piperidine rings is 1. The highest BCUT2D eigenvalue weighted by Crippen LogP contribution is 2.16. The molecule has 144 valence electrons. The predicted molar refractivity (Wildman–Crippen MR) is 98.9 cm³/mol. The van der Waals surface area contributed by atoms with Gasteiger partial charge in [-0.25, -0.2) is 17.5 Å². The van der Waals surface area contributed by atoms with Crippen LogP contribution in [-0.4, -0.2) is 43.3 Å². The van der Waals surface area contributed by atoms with Crippen molar-refractivity contribution >= 4 is 15.9 Å². The second kappa shape index (κ2) is 8.58. The zero-order chi connectivity index (χ0) is 19.3. The SMILES string of the molecule is O=C(CCc1ccncc1)N1CCC(NS(=O)(=O)c2ccc(F)cc2)CC1. The number of rotatable bonds is 6. The van der Waals surface area contributed by atoms with Crippen molar-refractivity contribution < 1.29 is 17.6 Å². The van der Waals surface area contributed by atoms with E-state index in [0.29, 0.717) is 38.8 Å². The van der Waals surface area contributed by atoms with Crippen molar-refractivity contribution in [1.29, 1.82) is 0 Å². The number of sulfonamides is 1. The van der Waals surface area contributed by atoms with Crippen LogP contribution in [0.5, 0.6) is 0 Å². The minimum atomic E-state index is -3.69. The maximum atomic E-state index is 13.0. The number of amides is 1. The molecule has 0 radical (unpaired) electrons. The summed E-state index contributed by atoms with van der Waals surface area (Å²) in [6.07, 6.45) is 5.62. The van der Waals surface area contributed by atoms with Gasteiger partial charge < -0.3 is 4.90 Å². The molecule has 1 aliphatic rings. The number of nitrogens with one attached hydrogen (secondary N) is 1. The minimum absolute atomic E-state index is 0.0414. The van der Waals surface area contributed by atoms with Gasteiger partial charge in [-0.05, 0) is 61.2 Å². The standard InChI is InChI=1S/C19H22FN3O3S/c20-16-2-4-18(5-3-16)27(25,26)22-17-9-13-23(14-10-17)19(24)6-1-15-7-11-21-12-8-15/h2-5,7-8,11-12,17,22H,1,6,9-10,13-14H2. The van der Waals surface area contributed by atoms with E-state index in [1.807, 2.05) is 12.1 Å².